The highest BCUT2D eigenvalue weighted by atomic mass is 32.1. The van der Waals surface area contributed by atoms with Crippen LogP contribution in [-0.4, -0.2) is 40.5 Å². The van der Waals surface area contributed by atoms with E-state index in [9.17, 15) is 0 Å². The van der Waals surface area contributed by atoms with Crippen LogP contribution in [-0.2, 0) is 26.4 Å². The molecule has 0 aliphatic heterocycles. The van der Waals surface area contributed by atoms with E-state index >= 15 is 0 Å². The van der Waals surface area contributed by atoms with Gasteiger partial charge in [0.15, 0.2) is 5.96 Å². The molecule has 132 valence electrons. The lowest BCUT2D eigenvalue weighted by Gasteiger charge is -2.22. The van der Waals surface area contributed by atoms with Gasteiger partial charge in [-0.2, -0.15) is 0 Å². The lowest BCUT2D eigenvalue weighted by molar-refractivity contribution is 0.462. The number of nitrogens with zero attached hydrogens (tertiary/aromatic N) is 4. The van der Waals surface area contributed by atoms with Gasteiger partial charge in [0.2, 0.25) is 0 Å². The van der Waals surface area contributed by atoms with Crippen molar-refractivity contribution in [3.63, 3.8) is 0 Å². The van der Waals surface area contributed by atoms with Gasteiger partial charge >= 0.3 is 0 Å². The maximum atomic E-state index is 4.77. The highest BCUT2D eigenvalue weighted by Gasteiger charge is 2.09. The Kier molecular flexibility index (Phi) is 6.85. The molecular formula is C18H29N5S. The second kappa shape index (κ2) is 8.87. The fourth-order valence-corrected chi connectivity index (χ4v) is 3.64. The van der Waals surface area contributed by atoms with Crippen LogP contribution in [0.15, 0.2) is 23.3 Å². The third-order valence-electron chi connectivity index (χ3n) is 4.01. The molecule has 0 radical (unpaired) electrons. The maximum Gasteiger partial charge on any atom is 0.194 e. The van der Waals surface area contributed by atoms with Gasteiger partial charge < -0.3 is 14.8 Å². The molecule has 0 spiro atoms. The summed E-state index contributed by atoms with van der Waals surface area (Å²) in [6.07, 6.45) is 3.98. The van der Waals surface area contributed by atoms with Crippen molar-refractivity contribution >= 4 is 17.3 Å². The molecule has 0 saturated carbocycles. The molecule has 0 fully saturated rings. The van der Waals surface area contributed by atoms with Crippen LogP contribution in [0, 0.1) is 6.92 Å². The number of guanidine groups is 1. The molecule has 2 aromatic rings. The highest BCUT2D eigenvalue weighted by molar-refractivity contribution is 7.11. The molecule has 0 saturated heterocycles. The van der Waals surface area contributed by atoms with Crippen LogP contribution in [0.1, 0.15) is 35.1 Å². The van der Waals surface area contributed by atoms with Crippen LogP contribution in [0.2, 0.25) is 0 Å². The Bertz CT molecular complexity index is 671. The van der Waals surface area contributed by atoms with Gasteiger partial charge in [-0.1, -0.05) is 6.92 Å². The van der Waals surface area contributed by atoms with Gasteiger partial charge in [0, 0.05) is 50.4 Å². The number of hydrogen-bond donors (Lipinski definition) is 1. The van der Waals surface area contributed by atoms with E-state index in [4.69, 9.17) is 9.98 Å². The second-order valence-electron chi connectivity index (χ2n) is 5.92. The van der Waals surface area contributed by atoms with Crippen LogP contribution in [0.25, 0.3) is 0 Å². The molecule has 24 heavy (non-hydrogen) atoms. The van der Waals surface area contributed by atoms with Gasteiger partial charge in [0.05, 0.1) is 17.2 Å². The third-order valence-corrected chi connectivity index (χ3v) is 5.08. The molecule has 0 aliphatic rings. The van der Waals surface area contributed by atoms with E-state index < -0.39 is 0 Å². The molecule has 1 N–H and O–H groups in total. The smallest absolute Gasteiger partial charge is 0.194 e. The van der Waals surface area contributed by atoms with Crippen LogP contribution < -0.4 is 5.32 Å². The Morgan fingerprint density at radius 3 is 2.79 bits per heavy atom. The van der Waals surface area contributed by atoms with E-state index in [-0.39, 0.29) is 0 Å². The summed E-state index contributed by atoms with van der Waals surface area (Å²) in [5, 5.41) is 4.57. The summed E-state index contributed by atoms with van der Waals surface area (Å²) in [5.74, 6) is 0.947. The monoisotopic (exact) mass is 347 g/mol. The third kappa shape index (κ3) is 4.84. The SMILES string of the molecule is CCNC(=NCCc1nc(CC)c(C)s1)N(C)Cc1cccn1C. The van der Waals surface area contributed by atoms with Crippen molar-refractivity contribution in [2.24, 2.45) is 12.0 Å². The minimum Gasteiger partial charge on any atom is -0.357 e. The fourth-order valence-electron chi connectivity index (χ4n) is 2.63. The fraction of sp³-hybridized carbons (Fsp3) is 0.556. The van der Waals surface area contributed by atoms with Crippen molar-refractivity contribution < 1.29 is 0 Å². The van der Waals surface area contributed by atoms with Crippen molar-refractivity contribution in [1.29, 1.82) is 0 Å². The zero-order valence-electron chi connectivity index (χ0n) is 15.5. The standard InChI is InChI=1S/C18H29N5S/c1-6-16-14(3)24-17(21-16)10-11-20-18(19-7-2)23(5)13-15-9-8-12-22(15)4/h8-9,12H,6-7,10-11,13H2,1-5H3,(H,19,20). The lowest BCUT2D eigenvalue weighted by Crippen LogP contribution is -2.39. The number of rotatable bonds is 7. The Morgan fingerprint density at radius 1 is 1.42 bits per heavy atom. The number of nitrogens with one attached hydrogen (secondary N) is 1. The molecule has 0 aromatic carbocycles. The van der Waals surface area contributed by atoms with Crippen LogP contribution >= 0.6 is 11.3 Å². The largest absolute Gasteiger partial charge is 0.357 e. The molecule has 0 amide bonds. The van der Waals surface area contributed by atoms with E-state index in [0.717, 1.165) is 38.4 Å². The van der Waals surface area contributed by atoms with Crippen molar-refractivity contribution in [2.45, 2.75) is 40.2 Å². The molecule has 0 atom stereocenters. The van der Waals surface area contributed by atoms with E-state index in [1.807, 2.05) is 0 Å². The van der Waals surface area contributed by atoms with Gasteiger partial charge in [0.1, 0.15) is 0 Å². The molecule has 6 heteroatoms. The van der Waals surface area contributed by atoms with Crippen molar-refractivity contribution in [3.8, 4) is 0 Å². The van der Waals surface area contributed by atoms with Crippen molar-refractivity contribution in [1.82, 2.24) is 19.8 Å². The van der Waals surface area contributed by atoms with Gasteiger partial charge in [-0.3, -0.25) is 4.99 Å². The topological polar surface area (TPSA) is 45.5 Å². The first-order valence-electron chi connectivity index (χ1n) is 8.60. The summed E-state index contributed by atoms with van der Waals surface area (Å²) < 4.78 is 2.14. The first kappa shape index (κ1) is 18.5. The molecule has 0 unspecified atom stereocenters. The summed E-state index contributed by atoms with van der Waals surface area (Å²) in [4.78, 5) is 13.0. The first-order valence-corrected chi connectivity index (χ1v) is 9.41. The quantitative estimate of drug-likeness (QED) is 0.619. The van der Waals surface area contributed by atoms with Gasteiger partial charge in [-0.15, -0.1) is 11.3 Å². The normalized spacial score (nSPS) is 11.8. The second-order valence-corrected chi connectivity index (χ2v) is 7.20. The molecular weight excluding hydrogens is 318 g/mol. The van der Waals surface area contributed by atoms with E-state index in [0.29, 0.717) is 0 Å². The van der Waals surface area contributed by atoms with Crippen molar-refractivity contribution in [3.05, 3.63) is 39.6 Å². The van der Waals surface area contributed by atoms with Crippen LogP contribution in [0.5, 0.6) is 0 Å². The van der Waals surface area contributed by atoms with Gasteiger partial charge in [-0.05, 0) is 32.4 Å². The van der Waals surface area contributed by atoms with Crippen molar-refractivity contribution in [2.75, 3.05) is 20.1 Å². The number of aromatic nitrogens is 2. The lowest BCUT2D eigenvalue weighted by atomic mass is 10.3. The molecule has 2 aromatic heterocycles. The summed E-state index contributed by atoms with van der Waals surface area (Å²) in [6.45, 7) is 8.88. The zero-order valence-corrected chi connectivity index (χ0v) is 16.3. The maximum absolute atomic E-state index is 4.77. The van der Waals surface area contributed by atoms with E-state index in [1.165, 1.54) is 21.3 Å². The van der Waals surface area contributed by atoms with Crippen LogP contribution in [0.4, 0.5) is 0 Å². The molecule has 2 heterocycles. The Morgan fingerprint density at radius 2 is 2.21 bits per heavy atom. The zero-order chi connectivity index (χ0) is 17.5. The summed E-state index contributed by atoms with van der Waals surface area (Å²) >= 11 is 1.80. The average molecular weight is 348 g/mol. The molecule has 5 nitrogen and oxygen atoms in total. The average Bonchev–Trinajstić information content (AvgIpc) is 3.12. The Balaban J connectivity index is 1.97. The number of aryl methyl sites for hydroxylation is 3. The summed E-state index contributed by atoms with van der Waals surface area (Å²) in [7, 11) is 4.15. The molecule has 0 bridgehead atoms. The number of thiazole rings is 1. The number of hydrogen-bond acceptors (Lipinski definition) is 3. The van der Waals surface area contributed by atoms with Gasteiger partial charge in [-0.25, -0.2) is 4.98 Å². The van der Waals surface area contributed by atoms with E-state index in [1.54, 1.807) is 11.3 Å². The minimum absolute atomic E-state index is 0.760. The minimum atomic E-state index is 0.760. The predicted octanol–water partition coefficient (Wildman–Crippen LogP) is 2.99. The molecule has 2 rings (SSSR count). The molecule has 0 aliphatic carbocycles. The Labute approximate surface area is 149 Å². The van der Waals surface area contributed by atoms with E-state index in [2.05, 4.69) is 68.0 Å². The first-order chi connectivity index (χ1) is 11.5. The van der Waals surface area contributed by atoms with Crippen LogP contribution in [0.3, 0.4) is 0 Å². The number of aliphatic imine (C=N–C) groups is 1. The highest BCUT2D eigenvalue weighted by Crippen LogP contribution is 2.18. The summed E-state index contributed by atoms with van der Waals surface area (Å²) in [5.41, 5.74) is 2.50. The van der Waals surface area contributed by atoms with Gasteiger partial charge in [0.25, 0.3) is 0 Å². The Hall–Kier alpha value is -1.82. The predicted molar refractivity (Wildman–Crippen MR) is 103 cm³/mol. The summed E-state index contributed by atoms with van der Waals surface area (Å²) in [6, 6.07) is 4.22.